The van der Waals surface area contributed by atoms with Crippen LogP contribution in [0.15, 0.2) is 28.9 Å². The topological polar surface area (TPSA) is 101 Å². The first kappa shape index (κ1) is 12.8. The number of aromatic amines is 1. The van der Waals surface area contributed by atoms with Gasteiger partial charge in [0.15, 0.2) is 11.6 Å². The molecule has 7 nitrogen and oxygen atoms in total. The number of benzene rings is 1. The molecule has 0 saturated heterocycles. The predicted octanol–water partition coefficient (Wildman–Crippen LogP) is 2.15. The maximum Gasteiger partial charge on any atom is 0.262 e. The number of ether oxygens (including phenoxy) is 1. The Morgan fingerprint density at radius 2 is 2.29 bits per heavy atom. The molecule has 0 amide bonds. The van der Waals surface area contributed by atoms with Gasteiger partial charge in [0, 0.05) is 5.56 Å². The third-order valence-corrected chi connectivity index (χ3v) is 2.82. The minimum atomic E-state index is -0.480. The monoisotopic (exact) mass is 285 g/mol. The third-order valence-electron chi connectivity index (χ3n) is 2.82. The van der Waals surface area contributed by atoms with Gasteiger partial charge in [-0.3, -0.25) is 5.10 Å². The lowest BCUT2D eigenvalue weighted by molar-refractivity contribution is 0.386. The van der Waals surface area contributed by atoms with Crippen LogP contribution in [0.4, 0.5) is 4.39 Å². The molecule has 0 radical (unpaired) electrons. The molecule has 2 aromatic heterocycles. The van der Waals surface area contributed by atoms with Crippen LogP contribution < -0.4 is 4.74 Å². The van der Waals surface area contributed by atoms with Crippen molar-refractivity contribution in [3.05, 3.63) is 35.9 Å². The molecule has 0 fully saturated rings. The average Bonchev–Trinajstić information content (AvgIpc) is 3.16. The molecule has 1 aromatic carbocycles. The van der Waals surface area contributed by atoms with Crippen molar-refractivity contribution in [3.63, 3.8) is 0 Å². The fourth-order valence-electron chi connectivity index (χ4n) is 1.78. The summed E-state index contributed by atoms with van der Waals surface area (Å²) in [7, 11) is 1.37. The van der Waals surface area contributed by atoms with Crippen molar-refractivity contribution < 1.29 is 13.7 Å². The van der Waals surface area contributed by atoms with E-state index in [1.165, 1.54) is 31.5 Å². The Bertz CT molecular complexity index is 833. The first-order valence-electron chi connectivity index (χ1n) is 5.84. The highest BCUT2D eigenvalue weighted by molar-refractivity contribution is 5.63. The molecule has 0 unspecified atom stereocenters. The predicted molar refractivity (Wildman–Crippen MR) is 68.5 cm³/mol. The summed E-state index contributed by atoms with van der Waals surface area (Å²) in [5, 5.41) is 19.0. The molecule has 1 N–H and O–H groups in total. The van der Waals surface area contributed by atoms with E-state index in [1.54, 1.807) is 0 Å². The molecular weight excluding hydrogens is 277 g/mol. The highest BCUT2D eigenvalue weighted by atomic mass is 19.1. The highest BCUT2D eigenvalue weighted by Crippen LogP contribution is 2.27. The lowest BCUT2D eigenvalue weighted by atomic mass is 10.2. The van der Waals surface area contributed by atoms with Crippen molar-refractivity contribution in [2.45, 2.75) is 0 Å². The van der Waals surface area contributed by atoms with Crippen LogP contribution in [0, 0.1) is 17.1 Å². The molecule has 0 aliphatic heterocycles. The van der Waals surface area contributed by atoms with Crippen molar-refractivity contribution in [2.75, 3.05) is 7.11 Å². The fourth-order valence-corrected chi connectivity index (χ4v) is 1.78. The Kier molecular flexibility index (Phi) is 3.08. The molecule has 3 rings (SSSR count). The summed E-state index contributed by atoms with van der Waals surface area (Å²) in [6, 6.07) is 6.16. The maximum atomic E-state index is 13.4. The summed E-state index contributed by atoms with van der Waals surface area (Å²) in [6.07, 6.45) is 1.42. The Balaban J connectivity index is 2.01. The second-order valence-corrected chi connectivity index (χ2v) is 4.04. The summed E-state index contributed by atoms with van der Waals surface area (Å²) in [6.45, 7) is 0. The summed E-state index contributed by atoms with van der Waals surface area (Å²) in [5.41, 5.74) is 1.16. The fraction of sp³-hybridized carbons (Fsp3) is 0.0769. The lowest BCUT2D eigenvalue weighted by Gasteiger charge is -2.02. The van der Waals surface area contributed by atoms with Gasteiger partial charge in [-0.25, -0.2) is 4.39 Å². The number of hydrogen-bond donors (Lipinski definition) is 1. The van der Waals surface area contributed by atoms with Crippen LogP contribution in [-0.4, -0.2) is 27.4 Å². The van der Waals surface area contributed by atoms with Crippen molar-refractivity contribution in [1.82, 2.24) is 20.3 Å². The second-order valence-electron chi connectivity index (χ2n) is 4.04. The van der Waals surface area contributed by atoms with E-state index in [0.717, 1.165) is 0 Å². The number of nitrogens with one attached hydrogen (secondary N) is 1. The van der Waals surface area contributed by atoms with Crippen molar-refractivity contribution in [3.8, 4) is 34.7 Å². The van der Waals surface area contributed by atoms with Crippen LogP contribution >= 0.6 is 0 Å². The number of halogens is 1. The normalized spacial score (nSPS) is 10.3. The smallest absolute Gasteiger partial charge is 0.262 e. The number of aromatic nitrogens is 4. The van der Waals surface area contributed by atoms with Gasteiger partial charge in [-0.1, -0.05) is 5.16 Å². The molecule has 0 spiro atoms. The molecule has 8 heteroatoms. The van der Waals surface area contributed by atoms with Crippen molar-refractivity contribution >= 4 is 0 Å². The van der Waals surface area contributed by atoms with Gasteiger partial charge >= 0.3 is 0 Å². The van der Waals surface area contributed by atoms with Gasteiger partial charge in [-0.2, -0.15) is 15.3 Å². The van der Waals surface area contributed by atoms with E-state index in [2.05, 4.69) is 20.3 Å². The highest BCUT2D eigenvalue weighted by Gasteiger charge is 2.16. The standard InChI is InChI=1S/C13H8FN5O2/c1-20-11-4-7(2-3-9(11)14)12-17-13(21-19-12)8-6-16-18-10(8)5-15/h2-4,6H,1H3,(H,16,18). The first-order valence-corrected chi connectivity index (χ1v) is 5.84. The number of methoxy groups -OCH3 is 1. The molecule has 0 aliphatic rings. The molecule has 2 heterocycles. The van der Waals surface area contributed by atoms with Crippen molar-refractivity contribution in [2.24, 2.45) is 0 Å². The summed E-state index contributed by atoms with van der Waals surface area (Å²) in [4.78, 5) is 4.17. The van der Waals surface area contributed by atoms with E-state index in [-0.39, 0.29) is 23.2 Å². The number of hydrogen-bond acceptors (Lipinski definition) is 6. The Morgan fingerprint density at radius 3 is 3.05 bits per heavy atom. The van der Waals surface area contributed by atoms with Gasteiger partial charge in [-0.05, 0) is 18.2 Å². The van der Waals surface area contributed by atoms with E-state index >= 15 is 0 Å². The zero-order valence-electron chi connectivity index (χ0n) is 10.8. The number of nitrogens with zero attached hydrogens (tertiary/aromatic N) is 4. The average molecular weight is 285 g/mol. The van der Waals surface area contributed by atoms with Gasteiger partial charge < -0.3 is 9.26 Å². The molecule has 21 heavy (non-hydrogen) atoms. The van der Waals surface area contributed by atoms with Crippen molar-refractivity contribution in [1.29, 1.82) is 5.26 Å². The van der Waals surface area contributed by atoms with E-state index in [4.69, 9.17) is 14.5 Å². The summed E-state index contributed by atoms with van der Waals surface area (Å²) < 4.78 is 23.4. The molecular formula is C13H8FN5O2. The van der Waals surface area contributed by atoms with Crippen LogP contribution in [0.5, 0.6) is 5.75 Å². The van der Waals surface area contributed by atoms with Crippen LogP contribution in [0.1, 0.15) is 5.69 Å². The summed E-state index contributed by atoms with van der Waals surface area (Å²) >= 11 is 0. The van der Waals surface area contributed by atoms with E-state index in [0.29, 0.717) is 11.1 Å². The Hall–Kier alpha value is -3.21. The second kappa shape index (κ2) is 5.05. The largest absolute Gasteiger partial charge is 0.494 e. The van der Waals surface area contributed by atoms with Gasteiger partial charge in [0.2, 0.25) is 5.82 Å². The van der Waals surface area contributed by atoms with Gasteiger partial charge in [-0.15, -0.1) is 0 Å². The summed E-state index contributed by atoms with van der Waals surface area (Å²) in [5.74, 6) is 0.0124. The van der Waals surface area contributed by atoms with Crippen LogP contribution in [0.2, 0.25) is 0 Å². The van der Waals surface area contributed by atoms with Crippen LogP contribution in [-0.2, 0) is 0 Å². The van der Waals surface area contributed by atoms with E-state index in [9.17, 15) is 4.39 Å². The van der Waals surface area contributed by atoms with E-state index < -0.39 is 5.82 Å². The lowest BCUT2D eigenvalue weighted by Crippen LogP contribution is -1.89. The Labute approximate surface area is 118 Å². The van der Waals surface area contributed by atoms with Gasteiger partial charge in [0.05, 0.1) is 18.9 Å². The molecule has 3 aromatic rings. The van der Waals surface area contributed by atoms with Crippen LogP contribution in [0.25, 0.3) is 22.8 Å². The van der Waals surface area contributed by atoms with Gasteiger partial charge in [0.1, 0.15) is 11.8 Å². The minimum Gasteiger partial charge on any atom is -0.494 e. The molecule has 0 aliphatic carbocycles. The quantitative estimate of drug-likeness (QED) is 0.791. The number of rotatable bonds is 3. The molecule has 0 atom stereocenters. The zero-order chi connectivity index (χ0) is 14.8. The minimum absolute atomic E-state index is 0.0832. The maximum absolute atomic E-state index is 13.4. The third kappa shape index (κ3) is 2.21. The SMILES string of the molecule is COc1cc(-c2noc(-c3cn[nH]c3C#N)n2)ccc1F. The Morgan fingerprint density at radius 1 is 1.43 bits per heavy atom. The molecule has 104 valence electrons. The molecule has 0 bridgehead atoms. The first-order chi connectivity index (χ1) is 10.2. The molecule has 0 saturated carbocycles. The van der Waals surface area contributed by atoms with E-state index in [1.807, 2.05) is 6.07 Å². The number of H-pyrrole nitrogens is 1. The zero-order valence-corrected chi connectivity index (χ0v) is 10.8. The van der Waals surface area contributed by atoms with Gasteiger partial charge in [0.25, 0.3) is 5.89 Å². The number of nitriles is 1. The van der Waals surface area contributed by atoms with Crippen LogP contribution in [0.3, 0.4) is 0 Å².